The minimum Gasteiger partial charge on any atom is -0.469 e. The molecule has 6 heteroatoms. The Morgan fingerprint density at radius 2 is 2.10 bits per heavy atom. The summed E-state index contributed by atoms with van der Waals surface area (Å²) in [6.07, 6.45) is 0.910. The van der Waals surface area contributed by atoms with E-state index >= 15 is 0 Å². The quantitative estimate of drug-likeness (QED) is 0.818. The van der Waals surface area contributed by atoms with Crippen molar-refractivity contribution in [3.63, 3.8) is 0 Å². The standard InChI is InChI=1S/C15H17Cl2NO3/c1-21-15(20)13-9(5-8-6-12(19)14(13)18-8)7-2-3-10(16)11(17)4-7/h2-4,8-9,12-14,18-19H,5-6H2,1H3/t8?,9-,12?,13-,14?/m0/s1. The maximum absolute atomic E-state index is 12.2. The van der Waals surface area contributed by atoms with Crippen molar-refractivity contribution < 1.29 is 14.6 Å². The number of hydrogen-bond acceptors (Lipinski definition) is 4. The summed E-state index contributed by atoms with van der Waals surface area (Å²) < 4.78 is 4.95. The van der Waals surface area contributed by atoms with Gasteiger partial charge in [0.1, 0.15) is 0 Å². The summed E-state index contributed by atoms with van der Waals surface area (Å²) in [6.45, 7) is 0. The largest absolute Gasteiger partial charge is 0.469 e. The lowest BCUT2D eigenvalue weighted by molar-refractivity contribution is -0.149. The maximum atomic E-state index is 12.2. The fraction of sp³-hybridized carbons (Fsp3) is 0.533. The molecule has 0 amide bonds. The third-order valence-electron chi connectivity index (χ3n) is 4.57. The number of rotatable bonds is 2. The fourth-order valence-electron chi connectivity index (χ4n) is 3.63. The van der Waals surface area contributed by atoms with E-state index in [0.717, 1.165) is 12.0 Å². The zero-order valence-electron chi connectivity index (χ0n) is 11.6. The average Bonchev–Trinajstić information content (AvgIpc) is 2.76. The summed E-state index contributed by atoms with van der Waals surface area (Å²) in [5, 5.41) is 14.5. The summed E-state index contributed by atoms with van der Waals surface area (Å²) >= 11 is 12.1. The number of hydrogen-bond donors (Lipinski definition) is 2. The Balaban J connectivity index is 1.98. The molecule has 2 saturated heterocycles. The summed E-state index contributed by atoms with van der Waals surface area (Å²) in [4.78, 5) is 12.2. The van der Waals surface area contributed by atoms with Crippen LogP contribution in [0, 0.1) is 5.92 Å². The first-order valence-electron chi connectivity index (χ1n) is 6.98. The molecule has 2 fully saturated rings. The molecule has 2 heterocycles. The van der Waals surface area contributed by atoms with Crippen molar-refractivity contribution in [1.82, 2.24) is 5.32 Å². The Labute approximate surface area is 133 Å². The van der Waals surface area contributed by atoms with Crippen molar-refractivity contribution in [2.45, 2.75) is 36.9 Å². The van der Waals surface area contributed by atoms with Gasteiger partial charge in [0, 0.05) is 18.0 Å². The topological polar surface area (TPSA) is 58.6 Å². The molecule has 3 unspecified atom stereocenters. The minimum atomic E-state index is -0.521. The molecule has 21 heavy (non-hydrogen) atoms. The third-order valence-corrected chi connectivity index (χ3v) is 5.31. The van der Waals surface area contributed by atoms with E-state index in [2.05, 4.69) is 5.32 Å². The van der Waals surface area contributed by atoms with Crippen molar-refractivity contribution in [1.29, 1.82) is 0 Å². The van der Waals surface area contributed by atoms with E-state index in [1.165, 1.54) is 7.11 Å². The van der Waals surface area contributed by atoms with Gasteiger partial charge in [0.15, 0.2) is 0 Å². The van der Waals surface area contributed by atoms with Crippen LogP contribution in [0.15, 0.2) is 18.2 Å². The Bertz CT molecular complexity index is 566. The lowest BCUT2D eigenvalue weighted by Gasteiger charge is -2.36. The number of esters is 1. The molecular weight excluding hydrogens is 313 g/mol. The van der Waals surface area contributed by atoms with Gasteiger partial charge in [-0.25, -0.2) is 0 Å². The van der Waals surface area contributed by atoms with E-state index in [0.29, 0.717) is 16.5 Å². The molecule has 2 N–H and O–H groups in total. The van der Waals surface area contributed by atoms with Gasteiger partial charge in [-0.1, -0.05) is 29.3 Å². The highest BCUT2D eigenvalue weighted by atomic mass is 35.5. The minimum absolute atomic E-state index is 0.0272. The van der Waals surface area contributed by atoms with Crippen LogP contribution in [0.3, 0.4) is 0 Å². The van der Waals surface area contributed by atoms with Crippen molar-refractivity contribution >= 4 is 29.2 Å². The first-order valence-corrected chi connectivity index (χ1v) is 7.73. The second-order valence-corrected chi connectivity index (χ2v) is 6.57. The van der Waals surface area contributed by atoms with E-state index in [9.17, 15) is 9.90 Å². The van der Waals surface area contributed by atoms with E-state index < -0.39 is 12.0 Å². The first kappa shape index (κ1) is 15.1. The monoisotopic (exact) mass is 329 g/mol. The van der Waals surface area contributed by atoms with Gasteiger partial charge in [0.25, 0.3) is 0 Å². The van der Waals surface area contributed by atoms with Gasteiger partial charge in [-0.2, -0.15) is 0 Å². The number of fused-ring (bicyclic) bond motifs is 2. The number of carbonyl (C=O) groups excluding carboxylic acids is 1. The van der Waals surface area contributed by atoms with Crippen LogP contribution < -0.4 is 5.32 Å². The molecule has 1 aromatic carbocycles. The Kier molecular flexibility index (Phi) is 4.14. The van der Waals surface area contributed by atoms with Gasteiger partial charge in [0.2, 0.25) is 0 Å². The van der Waals surface area contributed by atoms with Gasteiger partial charge < -0.3 is 15.2 Å². The fourth-order valence-corrected chi connectivity index (χ4v) is 3.94. The number of methoxy groups -OCH3 is 1. The Morgan fingerprint density at radius 1 is 1.33 bits per heavy atom. The molecule has 0 spiro atoms. The van der Waals surface area contributed by atoms with E-state index in [4.69, 9.17) is 27.9 Å². The molecule has 114 valence electrons. The van der Waals surface area contributed by atoms with Crippen molar-refractivity contribution in [2.24, 2.45) is 5.92 Å². The van der Waals surface area contributed by atoms with Crippen LogP contribution in [0.2, 0.25) is 10.0 Å². The van der Waals surface area contributed by atoms with Gasteiger partial charge in [-0.3, -0.25) is 4.79 Å². The average molecular weight is 330 g/mol. The number of benzene rings is 1. The molecule has 0 saturated carbocycles. The molecule has 0 aromatic heterocycles. The Hall–Kier alpha value is -0.810. The lowest BCUT2D eigenvalue weighted by atomic mass is 9.77. The predicted octanol–water partition coefficient (Wildman–Crippen LogP) is 2.36. The van der Waals surface area contributed by atoms with E-state index in [1.807, 2.05) is 12.1 Å². The summed E-state index contributed by atoms with van der Waals surface area (Å²) in [5.74, 6) is -0.746. The van der Waals surface area contributed by atoms with Crippen LogP contribution >= 0.6 is 23.2 Å². The molecule has 2 bridgehead atoms. The summed E-state index contributed by atoms with van der Waals surface area (Å²) in [6, 6.07) is 5.39. The van der Waals surface area contributed by atoms with Crippen LogP contribution in [-0.2, 0) is 9.53 Å². The normalized spacial score (nSPS) is 34.8. The molecular formula is C15H17Cl2NO3. The smallest absolute Gasteiger partial charge is 0.310 e. The number of ether oxygens (including phenoxy) is 1. The number of carbonyl (C=O) groups is 1. The zero-order valence-corrected chi connectivity index (χ0v) is 13.1. The van der Waals surface area contributed by atoms with Gasteiger partial charge in [-0.15, -0.1) is 0 Å². The van der Waals surface area contributed by atoms with Crippen LogP contribution in [0.1, 0.15) is 24.3 Å². The predicted molar refractivity (Wildman–Crippen MR) is 80.7 cm³/mol. The highest BCUT2D eigenvalue weighted by Gasteiger charge is 2.50. The molecule has 1 aromatic rings. The van der Waals surface area contributed by atoms with Crippen LogP contribution in [0.25, 0.3) is 0 Å². The number of aliphatic hydroxyl groups is 1. The van der Waals surface area contributed by atoms with Crippen molar-refractivity contribution in [2.75, 3.05) is 7.11 Å². The van der Waals surface area contributed by atoms with Crippen LogP contribution in [0.4, 0.5) is 0 Å². The van der Waals surface area contributed by atoms with Gasteiger partial charge >= 0.3 is 5.97 Å². The SMILES string of the molecule is COC(=O)[C@@H]1C2NC(CC2O)C[C@H]1c1ccc(Cl)c(Cl)c1. The highest BCUT2D eigenvalue weighted by molar-refractivity contribution is 6.42. The van der Waals surface area contributed by atoms with Crippen LogP contribution in [-0.4, -0.2) is 36.4 Å². The molecule has 0 aliphatic carbocycles. The van der Waals surface area contributed by atoms with Crippen molar-refractivity contribution in [3.8, 4) is 0 Å². The number of halogens is 2. The molecule has 0 radical (unpaired) electrons. The van der Waals surface area contributed by atoms with Gasteiger partial charge in [-0.05, 0) is 30.5 Å². The Morgan fingerprint density at radius 3 is 2.76 bits per heavy atom. The summed E-state index contributed by atoms with van der Waals surface area (Å²) in [7, 11) is 1.38. The van der Waals surface area contributed by atoms with E-state index in [1.54, 1.807) is 6.07 Å². The number of aliphatic hydroxyl groups excluding tert-OH is 1. The first-order chi connectivity index (χ1) is 10.0. The lowest BCUT2D eigenvalue weighted by Crippen LogP contribution is -2.50. The number of nitrogens with one attached hydrogen (secondary N) is 1. The molecule has 3 rings (SSSR count). The highest BCUT2D eigenvalue weighted by Crippen LogP contribution is 2.43. The van der Waals surface area contributed by atoms with Crippen LogP contribution in [0.5, 0.6) is 0 Å². The third kappa shape index (κ3) is 2.66. The van der Waals surface area contributed by atoms with Gasteiger partial charge in [0.05, 0.1) is 29.2 Å². The summed E-state index contributed by atoms with van der Waals surface area (Å²) in [5.41, 5.74) is 0.963. The molecule has 2 aliphatic rings. The van der Waals surface area contributed by atoms with Crippen molar-refractivity contribution in [3.05, 3.63) is 33.8 Å². The van der Waals surface area contributed by atoms with E-state index in [-0.39, 0.29) is 24.0 Å². The molecule has 5 atom stereocenters. The molecule has 4 nitrogen and oxygen atoms in total. The number of piperidine rings is 1. The second kappa shape index (κ2) is 5.76. The second-order valence-electron chi connectivity index (χ2n) is 5.76. The maximum Gasteiger partial charge on any atom is 0.310 e. The molecule has 2 aliphatic heterocycles. The zero-order chi connectivity index (χ0) is 15.1.